The van der Waals surface area contributed by atoms with Gasteiger partial charge < -0.3 is 10.4 Å². The van der Waals surface area contributed by atoms with Crippen molar-refractivity contribution in [3.8, 4) is 0 Å². The maximum atomic E-state index is 11.6. The second-order valence-electron chi connectivity index (χ2n) is 3.37. The van der Waals surface area contributed by atoms with Gasteiger partial charge in [-0.15, -0.1) is 0 Å². The number of nitrogens with one attached hydrogen (secondary N) is 1. The third-order valence-electron chi connectivity index (χ3n) is 1.96. The number of benzene rings is 1. The van der Waals surface area contributed by atoms with Gasteiger partial charge in [0.1, 0.15) is 0 Å². The molecular weight excluding hydrogens is 300 g/mol. The van der Waals surface area contributed by atoms with Crippen LogP contribution in [0.25, 0.3) is 0 Å². The summed E-state index contributed by atoms with van der Waals surface area (Å²) in [5.41, 5.74) is 0.291. The molecule has 96 valence electrons. The van der Waals surface area contributed by atoms with Crippen LogP contribution in [0, 0.1) is 0 Å². The van der Waals surface area contributed by atoms with Crippen molar-refractivity contribution >= 4 is 52.4 Å². The number of aliphatic carboxylic acids is 1. The van der Waals surface area contributed by atoms with Gasteiger partial charge in [-0.05, 0) is 19.1 Å². The minimum atomic E-state index is -1.21. The van der Waals surface area contributed by atoms with E-state index >= 15 is 0 Å². The lowest BCUT2D eigenvalue weighted by atomic mass is 10.2. The highest BCUT2D eigenvalue weighted by atomic mass is 35.5. The van der Waals surface area contributed by atoms with E-state index in [9.17, 15) is 9.59 Å². The largest absolute Gasteiger partial charge is 0.478 e. The highest BCUT2D eigenvalue weighted by Crippen LogP contribution is 2.32. The van der Waals surface area contributed by atoms with Crippen molar-refractivity contribution in [1.29, 1.82) is 0 Å². The van der Waals surface area contributed by atoms with E-state index in [1.807, 2.05) is 0 Å². The standard InChI is InChI=1S/C11H8Cl3NO3/c1-5(2-10(16)17)11(18)15-9-4-7(13)6(12)3-8(9)14/h2-4H,1H3,(H,15,18)(H,16,17)/b5-2-. The summed E-state index contributed by atoms with van der Waals surface area (Å²) < 4.78 is 0. The molecular formula is C11H8Cl3NO3. The van der Waals surface area contributed by atoms with Gasteiger partial charge in [-0.25, -0.2) is 4.79 Å². The average Bonchev–Trinajstić information content (AvgIpc) is 2.24. The summed E-state index contributed by atoms with van der Waals surface area (Å²) >= 11 is 17.4. The average molecular weight is 309 g/mol. The highest BCUT2D eigenvalue weighted by Gasteiger charge is 2.11. The number of halogens is 3. The first kappa shape index (κ1) is 14.8. The topological polar surface area (TPSA) is 66.4 Å². The minimum Gasteiger partial charge on any atom is -0.478 e. The van der Waals surface area contributed by atoms with Crippen LogP contribution in [-0.4, -0.2) is 17.0 Å². The van der Waals surface area contributed by atoms with E-state index in [-0.39, 0.29) is 26.3 Å². The Kier molecular flexibility index (Phi) is 5.02. The molecule has 0 atom stereocenters. The van der Waals surface area contributed by atoms with E-state index in [0.717, 1.165) is 6.08 Å². The van der Waals surface area contributed by atoms with E-state index < -0.39 is 11.9 Å². The monoisotopic (exact) mass is 307 g/mol. The predicted octanol–water partition coefficient (Wildman–Crippen LogP) is 3.62. The van der Waals surface area contributed by atoms with Crippen LogP contribution in [0.5, 0.6) is 0 Å². The zero-order chi connectivity index (χ0) is 13.9. The molecule has 0 saturated carbocycles. The lowest BCUT2D eigenvalue weighted by Crippen LogP contribution is -2.14. The molecule has 0 bridgehead atoms. The first-order valence-corrected chi connectivity index (χ1v) is 5.81. The summed E-state index contributed by atoms with van der Waals surface area (Å²) in [6.07, 6.45) is 0.792. The molecule has 0 fully saturated rings. The summed E-state index contributed by atoms with van der Waals surface area (Å²) in [5.74, 6) is -1.79. The SMILES string of the molecule is C/C(=C/C(=O)O)C(=O)Nc1cc(Cl)c(Cl)cc1Cl. The van der Waals surface area contributed by atoms with E-state index in [4.69, 9.17) is 39.9 Å². The van der Waals surface area contributed by atoms with Gasteiger partial charge in [-0.1, -0.05) is 34.8 Å². The van der Waals surface area contributed by atoms with E-state index in [2.05, 4.69) is 5.32 Å². The van der Waals surface area contributed by atoms with Crippen molar-refractivity contribution in [1.82, 2.24) is 0 Å². The highest BCUT2D eigenvalue weighted by molar-refractivity contribution is 6.44. The molecule has 0 aliphatic heterocycles. The Morgan fingerprint density at radius 3 is 2.28 bits per heavy atom. The number of rotatable bonds is 3. The van der Waals surface area contributed by atoms with Crippen LogP contribution in [0.3, 0.4) is 0 Å². The van der Waals surface area contributed by atoms with Gasteiger partial charge in [0.05, 0.1) is 20.8 Å². The Morgan fingerprint density at radius 1 is 1.17 bits per heavy atom. The van der Waals surface area contributed by atoms with Crippen LogP contribution in [0.15, 0.2) is 23.8 Å². The summed E-state index contributed by atoms with van der Waals surface area (Å²) in [7, 11) is 0. The lowest BCUT2D eigenvalue weighted by molar-refractivity contribution is -0.131. The maximum absolute atomic E-state index is 11.6. The maximum Gasteiger partial charge on any atom is 0.328 e. The molecule has 0 unspecified atom stereocenters. The molecule has 0 spiro atoms. The quantitative estimate of drug-likeness (QED) is 0.662. The predicted molar refractivity (Wildman–Crippen MR) is 71.5 cm³/mol. The van der Waals surface area contributed by atoms with Gasteiger partial charge >= 0.3 is 5.97 Å². The van der Waals surface area contributed by atoms with Crippen molar-refractivity contribution in [3.63, 3.8) is 0 Å². The van der Waals surface area contributed by atoms with Crippen molar-refractivity contribution in [2.45, 2.75) is 6.92 Å². The smallest absolute Gasteiger partial charge is 0.328 e. The van der Waals surface area contributed by atoms with E-state index in [0.29, 0.717) is 0 Å². The van der Waals surface area contributed by atoms with Gasteiger partial charge in [-0.2, -0.15) is 0 Å². The number of carbonyl (C=O) groups excluding carboxylic acids is 1. The molecule has 7 heteroatoms. The number of amides is 1. The number of carbonyl (C=O) groups is 2. The minimum absolute atomic E-state index is 0.0321. The zero-order valence-corrected chi connectivity index (χ0v) is 11.4. The molecule has 1 amide bonds. The van der Waals surface area contributed by atoms with Gasteiger partial charge in [0.15, 0.2) is 0 Å². The zero-order valence-electron chi connectivity index (χ0n) is 9.13. The molecule has 1 rings (SSSR count). The Balaban J connectivity index is 2.95. The first-order valence-electron chi connectivity index (χ1n) is 4.68. The number of carboxylic acid groups (broad SMARTS) is 1. The summed E-state index contributed by atoms with van der Waals surface area (Å²) in [6.45, 7) is 1.37. The molecule has 1 aromatic rings. The van der Waals surface area contributed by atoms with Crippen LogP contribution >= 0.6 is 34.8 Å². The van der Waals surface area contributed by atoms with Crippen molar-refractivity contribution in [2.75, 3.05) is 5.32 Å². The Morgan fingerprint density at radius 2 is 1.72 bits per heavy atom. The normalized spacial score (nSPS) is 11.2. The van der Waals surface area contributed by atoms with Crippen molar-refractivity contribution in [2.24, 2.45) is 0 Å². The van der Waals surface area contributed by atoms with Crippen molar-refractivity contribution in [3.05, 3.63) is 38.8 Å². The summed E-state index contributed by atoms with van der Waals surface area (Å²) in [4.78, 5) is 22.0. The van der Waals surface area contributed by atoms with Crippen LogP contribution in [0.2, 0.25) is 15.1 Å². The molecule has 0 heterocycles. The molecule has 2 N–H and O–H groups in total. The van der Waals surface area contributed by atoms with Crippen molar-refractivity contribution < 1.29 is 14.7 Å². The fraction of sp³-hybridized carbons (Fsp3) is 0.0909. The number of hydrogen-bond donors (Lipinski definition) is 2. The van der Waals surface area contributed by atoms with Gasteiger partial charge in [0.2, 0.25) is 0 Å². The molecule has 0 saturated heterocycles. The van der Waals surface area contributed by atoms with Crippen LogP contribution in [0.4, 0.5) is 5.69 Å². The lowest BCUT2D eigenvalue weighted by Gasteiger charge is -2.08. The third-order valence-corrected chi connectivity index (χ3v) is 2.99. The Bertz CT molecular complexity index is 541. The fourth-order valence-corrected chi connectivity index (χ4v) is 1.68. The summed E-state index contributed by atoms with van der Waals surface area (Å²) in [6, 6.07) is 2.77. The molecule has 4 nitrogen and oxygen atoms in total. The first-order chi connectivity index (χ1) is 8.31. The van der Waals surface area contributed by atoms with Crippen LogP contribution < -0.4 is 5.32 Å². The molecule has 0 aliphatic rings. The van der Waals surface area contributed by atoms with Gasteiger partial charge in [0.25, 0.3) is 5.91 Å². The second kappa shape index (κ2) is 6.09. The summed E-state index contributed by atoms with van der Waals surface area (Å²) in [5, 5.41) is 11.7. The number of hydrogen-bond acceptors (Lipinski definition) is 2. The molecule has 0 aromatic heterocycles. The Labute approximate surface area is 118 Å². The molecule has 0 radical (unpaired) electrons. The Hall–Kier alpha value is -1.23. The molecule has 1 aromatic carbocycles. The van der Waals surface area contributed by atoms with Gasteiger partial charge in [0, 0.05) is 11.6 Å². The number of anilines is 1. The second-order valence-corrected chi connectivity index (χ2v) is 4.59. The third kappa shape index (κ3) is 3.91. The molecule has 0 aliphatic carbocycles. The van der Waals surface area contributed by atoms with E-state index in [1.165, 1.54) is 19.1 Å². The van der Waals surface area contributed by atoms with Crippen LogP contribution in [-0.2, 0) is 9.59 Å². The fourth-order valence-electron chi connectivity index (χ4n) is 1.09. The van der Waals surface area contributed by atoms with Crippen LogP contribution in [0.1, 0.15) is 6.92 Å². The van der Waals surface area contributed by atoms with Gasteiger partial charge in [-0.3, -0.25) is 4.79 Å². The van der Waals surface area contributed by atoms with E-state index in [1.54, 1.807) is 0 Å². The number of carboxylic acids is 1. The molecule has 18 heavy (non-hydrogen) atoms.